The molecule has 48 valence electrons. The molecule has 0 fully saturated rings. The van der Waals surface area contributed by atoms with Crippen molar-refractivity contribution in [2.75, 3.05) is 0 Å². The van der Waals surface area contributed by atoms with Gasteiger partial charge in [0.05, 0.1) is 0 Å². The Morgan fingerprint density at radius 1 is 1.22 bits per heavy atom. The maximum Gasteiger partial charge on any atom is 0.139 e. The summed E-state index contributed by atoms with van der Waals surface area (Å²) in [6, 6.07) is 0. The monoisotopic (exact) mass is 120 g/mol. The molecule has 0 unspecified atom stereocenters. The number of hydrogen-bond donors (Lipinski definition) is 0. The van der Waals surface area contributed by atoms with Crippen LogP contribution in [0.1, 0.15) is 13.8 Å². The van der Waals surface area contributed by atoms with Gasteiger partial charge in [0.1, 0.15) is 7.85 Å². The molecule has 0 aromatic heterocycles. The van der Waals surface area contributed by atoms with Gasteiger partial charge in [-0.3, -0.25) is 0 Å². The second-order valence-corrected chi connectivity index (χ2v) is 1.94. The molecule has 0 aromatic rings. The minimum absolute atomic E-state index is 1.29. The van der Waals surface area contributed by atoms with Crippen LogP contribution >= 0.6 is 0 Å². The zero-order chi connectivity index (χ0) is 7.11. The highest BCUT2D eigenvalue weighted by atomic mass is 13.7. The third kappa shape index (κ3) is 5.15. The smallest absolute Gasteiger partial charge is 0.0893 e. The van der Waals surface area contributed by atoms with E-state index in [-0.39, 0.29) is 0 Å². The first-order valence-corrected chi connectivity index (χ1v) is 3.23. The van der Waals surface area contributed by atoms with Crippen LogP contribution in [-0.4, -0.2) is 7.85 Å². The van der Waals surface area contributed by atoms with Crippen LogP contribution in [0.2, 0.25) is 0 Å². The Bertz CT molecular complexity index is 141. The highest BCUT2D eigenvalue weighted by molar-refractivity contribution is 6.23. The molecule has 0 saturated carbocycles. The molecule has 0 aliphatic heterocycles. The van der Waals surface area contributed by atoms with Crippen molar-refractivity contribution in [1.29, 1.82) is 0 Å². The van der Waals surface area contributed by atoms with Crippen molar-refractivity contribution in [3.8, 4) is 0 Å². The van der Waals surface area contributed by atoms with Crippen molar-refractivity contribution in [3.05, 3.63) is 35.9 Å². The third-order valence-electron chi connectivity index (χ3n) is 0.981. The lowest BCUT2D eigenvalue weighted by molar-refractivity contribution is 1.68. The predicted octanol–water partition coefficient (Wildman–Crippen LogP) is 1.66. The van der Waals surface area contributed by atoms with Crippen molar-refractivity contribution in [2.24, 2.45) is 0 Å². The van der Waals surface area contributed by atoms with Gasteiger partial charge in [0, 0.05) is 0 Å². The third-order valence-corrected chi connectivity index (χ3v) is 0.981. The van der Waals surface area contributed by atoms with E-state index in [1.54, 1.807) is 0 Å². The molecule has 0 aromatic carbocycles. The molecule has 0 heterocycles. The fourth-order valence-corrected chi connectivity index (χ4v) is 0.566. The van der Waals surface area contributed by atoms with Crippen LogP contribution in [0.15, 0.2) is 35.9 Å². The summed E-state index contributed by atoms with van der Waals surface area (Å²) >= 11 is 0. The molecule has 0 aliphatic rings. The molecule has 0 nitrogen and oxygen atoms in total. The van der Waals surface area contributed by atoms with Crippen molar-refractivity contribution in [1.82, 2.24) is 0 Å². The average Bonchev–Trinajstić information content (AvgIpc) is 1.85. The van der Waals surface area contributed by atoms with Crippen molar-refractivity contribution in [2.45, 2.75) is 13.8 Å². The Labute approximate surface area is 58.4 Å². The highest BCUT2D eigenvalue weighted by Crippen LogP contribution is 1.89. The van der Waals surface area contributed by atoms with Gasteiger partial charge in [-0.25, -0.2) is 0 Å². The Morgan fingerprint density at radius 3 is 2.33 bits per heavy atom. The summed E-state index contributed by atoms with van der Waals surface area (Å²) < 4.78 is 0. The van der Waals surface area contributed by atoms with E-state index < -0.39 is 0 Å². The van der Waals surface area contributed by atoms with Gasteiger partial charge in [-0.15, -0.1) is 0 Å². The minimum atomic E-state index is 1.29. The van der Waals surface area contributed by atoms with Gasteiger partial charge < -0.3 is 0 Å². The summed E-state index contributed by atoms with van der Waals surface area (Å²) in [5.74, 6) is 0. The maximum atomic E-state index is 2.08. The van der Waals surface area contributed by atoms with Crippen LogP contribution in [0.3, 0.4) is 0 Å². The normalized spacial score (nSPS) is 13.8. The summed E-state index contributed by atoms with van der Waals surface area (Å²) in [6.45, 7) is 4.03. The zero-order valence-corrected chi connectivity index (χ0v) is 6.39. The molecule has 0 saturated heterocycles. The van der Waals surface area contributed by atoms with Crippen LogP contribution in [0.25, 0.3) is 0 Å². The molecular weight excluding hydrogens is 107 g/mol. The molecule has 9 heavy (non-hydrogen) atoms. The maximum absolute atomic E-state index is 2.08. The zero-order valence-electron chi connectivity index (χ0n) is 6.39. The summed E-state index contributed by atoms with van der Waals surface area (Å²) in [5.41, 5.74) is 1.29. The van der Waals surface area contributed by atoms with Gasteiger partial charge in [0.15, 0.2) is 0 Å². The second-order valence-electron chi connectivity index (χ2n) is 1.94. The molecule has 0 spiro atoms. The topological polar surface area (TPSA) is 0 Å². The predicted molar refractivity (Wildman–Crippen MR) is 46.3 cm³/mol. The SMILES string of the molecule is BC(=C/C=C\C)/C=C/C. The quantitative estimate of drug-likeness (QED) is 0.384. The van der Waals surface area contributed by atoms with Crippen LogP contribution in [0, 0.1) is 0 Å². The molecule has 0 amide bonds. The second kappa shape index (κ2) is 5.42. The van der Waals surface area contributed by atoms with Gasteiger partial charge in [0.25, 0.3) is 0 Å². The van der Waals surface area contributed by atoms with E-state index >= 15 is 0 Å². The first-order chi connectivity index (χ1) is 4.31. The van der Waals surface area contributed by atoms with Crippen LogP contribution in [0.4, 0.5) is 0 Å². The number of hydrogen-bond acceptors (Lipinski definition) is 0. The fourth-order valence-electron chi connectivity index (χ4n) is 0.566. The van der Waals surface area contributed by atoms with Gasteiger partial charge in [-0.1, -0.05) is 35.9 Å². The standard InChI is InChI=1S/C8H13B/c1-3-5-7-8(9)6-4-2/h3-7H,9H2,1-2H3/b5-3-,6-4+,8-7+. The van der Waals surface area contributed by atoms with Crippen molar-refractivity contribution < 1.29 is 0 Å². The first kappa shape index (κ1) is 8.28. The molecule has 0 rings (SSSR count). The Kier molecular flexibility index (Phi) is 4.99. The van der Waals surface area contributed by atoms with E-state index in [0.29, 0.717) is 0 Å². The van der Waals surface area contributed by atoms with Crippen molar-refractivity contribution >= 4 is 7.85 Å². The van der Waals surface area contributed by atoms with E-state index in [1.807, 2.05) is 32.1 Å². The summed E-state index contributed by atoms with van der Waals surface area (Å²) in [6.07, 6.45) is 10.3. The highest BCUT2D eigenvalue weighted by Gasteiger charge is 1.73. The van der Waals surface area contributed by atoms with Crippen molar-refractivity contribution in [3.63, 3.8) is 0 Å². The molecule has 0 radical (unpaired) electrons. The fraction of sp³-hybridized carbons (Fsp3) is 0.250. The van der Waals surface area contributed by atoms with E-state index in [9.17, 15) is 0 Å². The lowest BCUT2D eigenvalue weighted by Gasteiger charge is -1.83. The Morgan fingerprint density at radius 2 is 1.89 bits per heavy atom. The van der Waals surface area contributed by atoms with E-state index in [0.717, 1.165) is 0 Å². The lowest BCUT2D eigenvalue weighted by atomic mass is 9.95. The molecule has 1 heteroatoms. The average molecular weight is 120 g/mol. The lowest BCUT2D eigenvalue weighted by Crippen LogP contribution is -1.70. The summed E-state index contributed by atoms with van der Waals surface area (Å²) in [5, 5.41) is 0. The summed E-state index contributed by atoms with van der Waals surface area (Å²) in [4.78, 5) is 0. The Hall–Kier alpha value is -0.715. The molecule has 0 aliphatic carbocycles. The molecular formula is C8H13B. The summed E-state index contributed by atoms with van der Waals surface area (Å²) in [7, 11) is 2.08. The molecule has 0 N–H and O–H groups in total. The van der Waals surface area contributed by atoms with Crippen LogP contribution < -0.4 is 0 Å². The first-order valence-electron chi connectivity index (χ1n) is 3.23. The minimum Gasteiger partial charge on any atom is -0.0893 e. The van der Waals surface area contributed by atoms with Gasteiger partial charge in [0.2, 0.25) is 0 Å². The van der Waals surface area contributed by atoms with E-state index in [4.69, 9.17) is 0 Å². The van der Waals surface area contributed by atoms with Gasteiger partial charge in [-0.05, 0) is 13.8 Å². The van der Waals surface area contributed by atoms with Gasteiger partial charge >= 0.3 is 0 Å². The van der Waals surface area contributed by atoms with E-state index in [2.05, 4.69) is 20.0 Å². The number of allylic oxidation sites excluding steroid dienone is 6. The number of rotatable bonds is 2. The molecule has 0 atom stereocenters. The van der Waals surface area contributed by atoms with Crippen LogP contribution in [0.5, 0.6) is 0 Å². The largest absolute Gasteiger partial charge is 0.139 e. The Balaban J connectivity index is 3.84. The molecule has 0 bridgehead atoms. The van der Waals surface area contributed by atoms with E-state index in [1.165, 1.54) is 5.47 Å². The van der Waals surface area contributed by atoms with Crippen LogP contribution in [-0.2, 0) is 0 Å². The van der Waals surface area contributed by atoms with Gasteiger partial charge in [-0.2, -0.15) is 0 Å².